The van der Waals surface area contributed by atoms with Gasteiger partial charge in [-0.2, -0.15) is 0 Å². The van der Waals surface area contributed by atoms with E-state index in [1.54, 1.807) is 4.90 Å². The molecule has 11 heteroatoms. The van der Waals surface area contributed by atoms with Crippen LogP contribution in [0.25, 0.3) is 11.4 Å². The molecule has 0 aliphatic carbocycles. The first-order valence-corrected chi connectivity index (χ1v) is 14.3. The number of aromatic nitrogens is 2. The van der Waals surface area contributed by atoms with Crippen molar-refractivity contribution >= 4 is 23.6 Å². The fourth-order valence-electron chi connectivity index (χ4n) is 5.69. The number of fused-ring (bicyclic) bond motifs is 1. The monoisotopic (exact) mass is 552 g/mol. The fourth-order valence-corrected chi connectivity index (χ4v) is 5.69. The average molecular weight is 553 g/mol. The van der Waals surface area contributed by atoms with Crippen LogP contribution < -0.4 is 9.80 Å². The zero-order chi connectivity index (χ0) is 27.9. The maximum Gasteiger partial charge on any atom is 0.409 e. The molecule has 5 rings (SSSR count). The van der Waals surface area contributed by atoms with E-state index in [0.717, 1.165) is 88.0 Å². The maximum atomic E-state index is 12.2. The Morgan fingerprint density at radius 1 is 1.02 bits per heavy atom. The van der Waals surface area contributed by atoms with E-state index < -0.39 is 0 Å². The highest BCUT2D eigenvalue weighted by Gasteiger charge is 2.33. The van der Waals surface area contributed by atoms with E-state index in [2.05, 4.69) is 43.9 Å². The first-order chi connectivity index (χ1) is 19.6. The zero-order valence-electron chi connectivity index (χ0n) is 23.6. The second-order valence-electron chi connectivity index (χ2n) is 10.4. The maximum absolute atomic E-state index is 12.2. The molecule has 1 unspecified atom stereocenters. The normalized spacial score (nSPS) is 19.4. The summed E-state index contributed by atoms with van der Waals surface area (Å²) < 4.78 is 15.6. The number of carbonyl (C=O) groups excluding carboxylic acids is 2. The minimum absolute atomic E-state index is 0.0207. The number of ether oxygens (including phenoxy) is 3. The largest absolute Gasteiger partial charge is 0.469 e. The van der Waals surface area contributed by atoms with Crippen LogP contribution in [0, 0.1) is 0 Å². The lowest BCUT2D eigenvalue weighted by atomic mass is 10.1. The summed E-state index contributed by atoms with van der Waals surface area (Å²) in [5.41, 5.74) is 3.12. The van der Waals surface area contributed by atoms with E-state index in [1.807, 2.05) is 13.1 Å². The van der Waals surface area contributed by atoms with E-state index in [1.165, 1.54) is 7.11 Å². The van der Waals surface area contributed by atoms with E-state index in [-0.39, 0.29) is 18.1 Å². The number of esters is 1. The summed E-state index contributed by atoms with van der Waals surface area (Å²) in [7, 11) is 1.44. The Kier molecular flexibility index (Phi) is 9.33. The van der Waals surface area contributed by atoms with Crippen LogP contribution in [0.1, 0.15) is 25.3 Å². The van der Waals surface area contributed by atoms with E-state index in [0.29, 0.717) is 31.9 Å². The molecule has 2 saturated heterocycles. The molecule has 0 spiro atoms. The number of hydrogen-bond acceptors (Lipinski definition) is 10. The van der Waals surface area contributed by atoms with Crippen LogP contribution in [-0.4, -0.2) is 117 Å². The highest BCUT2D eigenvalue weighted by molar-refractivity contribution is 5.72. The molecule has 216 valence electrons. The molecule has 2 fully saturated rings. The first-order valence-electron chi connectivity index (χ1n) is 14.3. The Balaban J connectivity index is 1.26. The summed E-state index contributed by atoms with van der Waals surface area (Å²) in [5.74, 6) is 1.39. The molecule has 1 aromatic heterocycles. The predicted molar refractivity (Wildman–Crippen MR) is 152 cm³/mol. The third-order valence-electron chi connectivity index (χ3n) is 7.91. The van der Waals surface area contributed by atoms with Crippen molar-refractivity contribution in [1.82, 2.24) is 19.8 Å². The minimum Gasteiger partial charge on any atom is -0.469 e. The van der Waals surface area contributed by atoms with Crippen LogP contribution >= 0.6 is 0 Å². The van der Waals surface area contributed by atoms with E-state index in [4.69, 9.17) is 19.2 Å². The molecule has 2 aromatic rings. The van der Waals surface area contributed by atoms with Crippen LogP contribution in [0.5, 0.6) is 0 Å². The van der Waals surface area contributed by atoms with Gasteiger partial charge in [0.1, 0.15) is 5.82 Å². The van der Waals surface area contributed by atoms with Gasteiger partial charge in [-0.3, -0.25) is 9.69 Å². The quantitative estimate of drug-likeness (QED) is 0.431. The van der Waals surface area contributed by atoms with Gasteiger partial charge in [-0.15, -0.1) is 0 Å². The van der Waals surface area contributed by atoms with Crippen molar-refractivity contribution < 1.29 is 23.8 Å². The molecule has 3 aliphatic rings. The molecule has 1 aromatic carbocycles. The Morgan fingerprint density at radius 2 is 1.77 bits per heavy atom. The van der Waals surface area contributed by atoms with E-state index in [9.17, 15) is 9.59 Å². The highest BCUT2D eigenvalue weighted by Crippen LogP contribution is 2.34. The molecule has 1 atom stereocenters. The van der Waals surface area contributed by atoms with Gasteiger partial charge in [0.05, 0.1) is 33.4 Å². The van der Waals surface area contributed by atoms with Crippen molar-refractivity contribution in [1.29, 1.82) is 0 Å². The van der Waals surface area contributed by atoms with Crippen LogP contribution in [-0.2, 0) is 25.4 Å². The minimum atomic E-state index is -0.241. The van der Waals surface area contributed by atoms with Crippen molar-refractivity contribution in [2.24, 2.45) is 0 Å². The molecule has 0 radical (unpaired) electrons. The van der Waals surface area contributed by atoms with Gasteiger partial charge in [0, 0.05) is 81.4 Å². The molecular weight excluding hydrogens is 512 g/mol. The van der Waals surface area contributed by atoms with Crippen molar-refractivity contribution in [3.8, 4) is 11.4 Å². The zero-order valence-corrected chi connectivity index (χ0v) is 23.6. The number of piperazine rings is 1. The van der Waals surface area contributed by atoms with Crippen LogP contribution in [0.4, 0.5) is 16.3 Å². The van der Waals surface area contributed by atoms with Crippen molar-refractivity contribution in [3.63, 3.8) is 0 Å². The summed E-state index contributed by atoms with van der Waals surface area (Å²) in [6.45, 7) is 10.3. The number of amides is 1. The third kappa shape index (κ3) is 6.64. The number of carbonyl (C=O) groups is 2. The summed E-state index contributed by atoms with van der Waals surface area (Å²) in [4.78, 5) is 42.6. The van der Waals surface area contributed by atoms with Gasteiger partial charge < -0.3 is 28.9 Å². The molecule has 0 bridgehead atoms. The highest BCUT2D eigenvalue weighted by atomic mass is 16.6. The molecule has 40 heavy (non-hydrogen) atoms. The summed E-state index contributed by atoms with van der Waals surface area (Å²) in [5, 5.41) is 0. The first kappa shape index (κ1) is 28.1. The number of hydrogen-bond donors (Lipinski definition) is 0. The van der Waals surface area contributed by atoms with Gasteiger partial charge in [-0.05, 0) is 44.0 Å². The number of benzene rings is 1. The standard InChI is InChI=1S/C29H40N6O5/c1-3-40-29(37)34-13-11-33(12-14-34)24-7-5-22(6-8-24)27-30-21-23-19-25(20-26(36)38-2)35(28(23)31-27)10-4-9-32-15-17-39-18-16-32/h5-8,21,25H,3-4,9-20H2,1-2H3. The average Bonchev–Trinajstić information content (AvgIpc) is 3.33. The van der Waals surface area contributed by atoms with Crippen molar-refractivity contribution in [2.75, 3.05) is 89.1 Å². The molecule has 11 nitrogen and oxygen atoms in total. The summed E-state index contributed by atoms with van der Waals surface area (Å²) in [6.07, 6.45) is 3.72. The van der Waals surface area contributed by atoms with Crippen molar-refractivity contribution in [2.45, 2.75) is 32.2 Å². The third-order valence-corrected chi connectivity index (χ3v) is 7.91. The van der Waals surface area contributed by atoms with Crippen LogP contribution in [0.15, 0.2) is 30.5 Å². The number of methoxy groups -OCH3 is 1. The van der Waals surface area contributed by atoms with Crippen LogP contribution in [0.2, 0.25) is 0 Å². The van der Waals surface area contributed by atoms with Gasteiger partial charge >= 0.3 is 12.1 Å². The molecule has 0 saturated carbocycles. The lowest BCUT2D eigenvalue weighted by Gasteiger charge is -2.35. The molecule has 3 aliphatic heterocycles. The topological polar surface area (TPSA) is 101 Å². The van der Waals surface area contributed by atoms with Gasteiger partial charge in [-0.1, -0.05) is 0 Å². The summed E-state index contributed by atoms with van der Waals surface area (Å²) >= 11 is 0. The fraction of sp³-hybridized carbons (Fsp3) is 0.586. The van der Waals surface area contributed by atoms with Crippen molar-refractivity contribution in [3.05, 3.63) is 36.0 Å². The molecule has 4 heterocycles. The Morgan fingerprint density at radius 3 is 2.48 bits per heavy atom. The van der Waals surface area contributed by atoms with E-state index >= 15 is 0 Å². The number of rotatable bonds is 9. The SMILES string of the molecule is CCOC(=O)N1CCN(c2ccc(-c3ncc4c(n3)N(CCCN3CCOCC3)C(CC(=O)OC)C4)cc2)CC1. The molecule has 0 N–H and O–H groups in total. The second-order valence-corrected chi connectivity index (χ2v) is 10.4. The Bertz CT molecular complexity index is 1150. The molecule has 1 amide bonds. The van der Waals surface area contributed by atoms with Gasteiger partial charge in [-0.25, -0.2) is 14.8 Å². The lowest BCUT2D eigenvalue weighted by Crippen LogP contribution is -2.49. The Labute approximate surface area is 236 Å². The second kappa shape index (κ2) is 13.3. The smallest absolute Gasteiger partial charge is 0.409 e. The van der Waals surface area contributed by atoms with Gasteiger partial charge in [0.15, 0.2) is 5.82 Å². The number of anilines is 2. The van der Waals surface area contributed by atoms with Gasteiger partial charge in [0.25, 0.3) is 0 Å². The summed E-state index contributed by atoms with van der Waals surface area (Å²) in [6, 6.07) is 8.31. The molecular formula is C29H40N6O5. The lowest BCUT2D eigenvalue weighted by molar-refractivity contribution is -0.141. The number of morpholine rings is 1. The van der Waals surface area contributed by atoms with Gasteiger partial charge in [0.2, 0.25) is 0 Å². The van der Waals surface area contributed by atoms with Crippen LogP contribution in [0.3, 0.4) is 0 Å². The Hall–Kier alpha value is -3.44. The predicted octanol–water partition coefficient (Wildman–Crippen LogP) is 2.44. The number of nitrogens with zero attached hydrogens (tertiary/aromatic N) is 6.